The van der Waals surface area contributed by atoms with E-state index in [1.54, 1.807) is 24.5 Å². The highest BCUT2D eigenvalue weighted by Gasteiger charge is 2.11. The van der Waals surface area contributed by atoms with Crippen molar-refractivity contribution < 1.29 is 9.90 Å². The SMILES string of the molecule is O=C(O)c1ccccc1Cn1ccnc1Cc1cccnc1. The third-order valence-corrected chi connectivity index (χ3v) is 3.48. The third kappa shape index (κ3) is 3.03. The van der Waals surface area contributed by atoms with Crippen molar-refractivity contribution in [3.8, 4) is 0 Å². The highest BCUT2D eigenvalue weighted by atomic mass is 16.4. The van der Waals surface area contributed by atoms with Gasteiger partial charge < -0.3 is 9.67 Å². The zero-order chi connectivity index (χ0) is 15.4. The zero-order valence-corrected chi connectivity index (χ0v) is 11.9. The molecule has 5 nitrogen and oxygen atoms in total. The molecule has 0 saturated heterocycles. The van der Waals surface area contributed by atoms with E-state index in [1.165, 1.54) is 0 Å². The molecule has 0 aliphatic rings. The number of imidazole rings is 1. The highest BCUT2D eigenvalue weighted by molar-refractivity contribution is 5.89. The van der Waals surface area contributed by atoms with Crippen molar-refractivity contribution in [1.82, 2.24) is 14.5 Å². The molecule has 0 bridgehead atoms. The van der Waals surface area contributed by atoms with Crippen LogP contribution in [0.2, 0.25) is 0 Å². The van der Waals surface area contributed by atoms with Crippen LogP contribution in [0.15, 0.2) is 61.2 Å². The number of hydrogen-bond donors (Lipinski definition) is 1. The van der Waals surface area contributed by atoms with Crippen molar-refractivity contribution in [1.29, 1.82) is 0 Å². The van der Waals surface area contributed by atoms with Gasteiger partial charge in [0.2, 0.25) is 0 Å². The molecule has 5 heteroatoms. The standard InChI is InChI=1S/C17H15N3O2/c21-17(22)15-6-2-1-5-14(15)12-20-9-8-19-16(20)10-13-4-3-7-18-11-13/h1-9,11H,10,12H2,(H,21,22). The Bertz CT molecular complexity index is 781. The fourth-order valence-electron chi connectivity index (χ4n) is 2.39. The van der Waals surface area contributed by atoms with E-state index in [2.05, 4.69) is 9.97 Å². The van der Waals surface area contributed by atoms with Crippen LogP contribution in [0.5, 0.6) is 0 Å². The van der Waals surface area contributed by atoms with E-state index in [9.17, 15) is 9.90 Å². The minimum Gasteiger partial charge on any atom is -0.478 e. The van der Waals surface area contributed by atoms with E-state index in [0.29, 0.717) is 18.5 Å². The van der Waals surface area contributed by atoms with Crippen molar-refractivity contribution in [3.05, 3.63) is 83.7 Å². The third-order valence-electron chi connectivity index (χ3n) is 3.48. The van der Waals surface area contributed by atoms with Gasteiger partial charge in [-0.1, -0.05) is 24.3 Å². The molecule has 1 N–H and O–H groups in total. The number of hydrogen-bond acceptors (Lipinski definition) is 3. The van der Waals surface area contributed by atoms with E-state index in [4.69, 9.17) is 0 Å². The molecule has 0 atom stereocenters. The molecule has 0 fully saturated rings. The van der Waals surface area contributed by atoms with E-state index in [0.717, 1.165) is 17.0 Å². The van der Waals surface area contributed by atoms with E-state index < -0.39 is 5.97 Å². The number of aromatic nitrogens is 3. The Labute approximate surface area is 127 Å². The maximum atomic E-state index is 11.3. The molecule has 1 aromatic carbocycles. The number of carboxylic acids is 1. The van der Waals surface area contributed by atoms with Gasteiger partial charge in [-0.2, -0.15) is 0 Å². The Morgan fingerprint density at radius 2 is 2.00 bits per heavy atom. The summed E-state index contributed by atoms with van der Waals surface area (Å²) in [7, 11) is 0. The van der Waals surface area contributed by atoms with Gasteiger partial charge in [0, 0.05) is 37.8 Å². The number of benzene rings is 1. The summed E-state index contributed by atoms with van der Waals surface area (Å²) in [5, 5.41) is 9.27. The van der Waals surface area contributed by atoms with E-state index >= 15 is 0 Å². The lowest BCUT2D eigenvalue weighted by Gasteiger charge is -2.10. The van der Waals surface area contributed by atoms with Gasteiger partial charge in [-0.15, -0.1) is 0 Å². The van der Waals surface area contributed by atoms with Gasteiger partial charge in [-0.3, -0.25) is 4.98 Å². The Kier molecular flexibility index (Phi) is 3.96. The molecule has 0 saturated carbocycles. The summed E-state index contributed by atoms with van der Waals surface area (Å²) < 4.78 is 1.97. The van der Waals surface area contributed by atoms with Crippen molar-refractivity contribution in [2.45, 2.75) is 13.0 Å². The van der Waals surface area contributed by atoms with Gasteiger partial charge >= 0.3 is 5.97 Å². The van der Waals surface area contributed by atoms with Crippen LogP contribution in [0.1, 0.15) is 27.3 Å². The minimum atomic E-state index is -0.912. The van der Waals surface area contributed by atoms with Crippen molar-refractivity contribution in [2.75, 3.05) is 0 Å². The molecule has 3 rings (SSSR count). The van der Waals surface area contributed by atoms with Crippen LogP contribution in [0.25, 0.3) is 0 Å². The number of nitrogens with zero attached hydrogens (tertiary/aromatic N) is 3. The summed E-state index contributed by atoms with van der Waals surface area (Å²) in [6, 6.07) is 10.9. The number of rotatable bonds is 5. The fourth-order valence-corrected chi connectivity index (χ4v) is 2.39. The lowest BCUT2D eigenvalue weighted by molar-refractivity contribution is 0.0695. The molecule has 110 valence electrons. The first-order valence-corrected chi connectivity index (χ1v) is 6.94. The summed E-state index contributed by atoms with van der Waals surface area (Å²) in [6.45, 7) is 0.484. The first-order valence-electron chi connectivity index (χ1n) is 6.94. The van der Waals surface area contributed by atoms with Gasteiger partial charge in [0.25, 0.3) is 0 Å². The Hall–Kier alpha value is -2.95. The predicted octanol–water partition coefficient (Wildman–Crippen LogP) is 2.62. The molecule has 0 radical (unpaired) electrons. The lowest BCUT2D eigenvalue weighted by Crippen LogP contribution is -2.09. The molecular weight excluding hydrogens is 278 g/mol. The maximum Gasteiger partial charge on any atom is 0.336 e. The van der Waals surface area contributed by atoms with Crippen LogP contribution in [0, 0.1) is 0 Å². The number of pyridine rings is 1. The summed E-state index contributed by atoms with van der Waals surface area (Å²) >= 11 is 0. The summed E-state index contributed by atoms with van der Waals surface area (Å²) in [5.41, 5.74) is 2.16. The van der Waals surface area contributed by atoms with E-state index in [1.807, 2.05) is 41.2 Å². The molecule has 0 aliphatic heterocycles. The Morgan fingerprint density at radius 1 is 1.14 bits per heavy atom. The topological polar surface area (TPSA) is 68.0 Å². The number of carbonyl (C=O) groups is 1. The number of aromatic carboxylic acids is 1. The summed E-state index contributed by atoms with van der Waals surface area (Å²) in [4.78, 5) is 19.8. The van der Waals surface area contributed by atoms with Crippen LogP contribution >= 0.6 is 0 Å². The molecular formula is C17H15N3O2. The van der Waals surface area contributed by atoms with Gasteiger partial charge in [0.1, 0.15) is 5.82 Å². The van der Waals surface area contributed by atoms with Crippen molar-refractivity contribution >= 4 is 5.97 Å². The van der Waals surface area contributed by atoms with Crippen LogP contribution in [0.4, 0.5) is 0 Å². The molecule has 2 heterocycles. The smallest absolute Gasteiger partial charge is 0.336 e. The molecule has 0 unspecified atom stereocenters. The van der Waals surface area contributed by atoms with Gasteiger partial charge in [-0.05, 0) is 23.3 Å². The lowest BCUT2D eigenvalue weighted by atomic mass is 10.1. The normalized spacial score (nSPS) is 10.5. The largest absolute Gasteiger partial charge is 0.478 e. The van der Waals surface area contributed by atoms with Crippen LogP contribution < -0.4 is 0 Å². The predicted molar refractivity (Wildman–Crippen MR) is 81.8 cm³/mol. The molecule has 0 amide bonds. The quantitative estimate of drug-likeness (QED) is 0.785. The summed E-state index contributed by atoms with van der Waals surface area (Å²) in [5.74, 6) is -0.0299. The average Bonchev–Trinajstić information content (AvgIpc) is 2.96. The molecule has 3 aromatic rings. The van der Waals surface area contributed by atoms with Crippen LogP contribution in [-0.2, 0) is 13.0 Å². The van der Waals surface area contributed by atoms with Crippen LogP contribution in [0.3, 0.4) is 0 Å². The van der Waals surface area contributed by atoms with Crippen molar-refractivity contribution in [3.63, 3.8) is 0 Å². The first-order chi connectivity index (χ1) is 10.7. The highest BCUT2D eigenvalue weighted by Crippen LogP contribution is 2.13. The van der Waals surface area contributed by atoms with E-state index in [-0.39, 0.29) is 0 Å². The summed E-state index contributed by atoms with van der Waals surface area (Å²) in [6.07, 6.45) is 7.80. The second-order valence-electron chi connectivity index (χ2n) is 4.97. The second kappa shape index (κ2) is 6.22. The molecule has 2 aromatic heterocycles. The zero-order valence-electron chi connectivity index (χ0n) is 11.9. The number of carboxylic acid groups (broad SMARTS) is 1. The van der Waals surface area contributed by atoms with Crippen molar-refractivity contribution in [2.24, 2.45) is 0 Å². The Balaban J connectivity index is 1.86. The first kappa shape index (κ1) is 14.0. The average molecular weight is 293 g/mol. The van der Waals surface area contributed by atoms with Gasteiger partial charge in [-0.25, -0.2) is 9.78 Å². The monoisotopic (exact) mass is 293 g/mol. The fraction of sp³-hybridized carbons (Fsp3) is 0.118. The van der Waals surface area contributed by atoms with Crippen LogP contribution in [-0.4, -0.2) is 25.6 Å². The van der Waals surface area contributed by atoms with Gasteiger partial charge in [0.15, 0.2) is 0 Å². The minimum absolute atomic E-state index is 0.323. The second-order valence-corrected chi connectivity index (χ2v) is 4.97. The maximum absolute atomic E-state index is 11.3. The molecule has 22 heavy (non-hydrogen) atoms. The van der Waals surface area contributed by atoms with Gasteiger partial charge in [0.05, 0.1) is 5.56 Å². The molecule has 0 spiro atoms. The molecule has 0 aliphatic carbocycles. The Morgan fingerprint density at radius 3 is 2.77 bits per heavy atom.